The van der Waals surface area contributed by atoms with Crippen LogP contribution in [0.3, 0.4) is 0 Å². The second kappa shape index (κ2) is 7.41. The van der Waals surface area contributed by atoms with E-state index >= 15 is 0 Å². The predicted octanol–water partition coefficient (Wildman–Crippen LogP) is 3.52. The summed E-state index contributed by atoms with van der Waals surface area (Å²) >= 11 is 0. The van der Waals surface area contributed by atoms with Gasteiger partial charge in [-0.1, -0.05) is 12.1 Å². The van der Waals surface area contributed by atoms with Crippen molar-refractivity contribution in [1.82, 2.24) is 14.9 Å². The van der Waals surface area contributed by atoms with Gasteiger partial charge in [-0.3, -0.25) is 19.8 Å². The molecule has 8 nitrogen and oxygen atoms in total. The van der Waals surface area contributed by atoms with Crippen molar-refractivity contribution < 1.29 is 22.5 Å². The molecule has 1 aliphatic rings. The monoisotopic (exact) mass is 420 g/mol. The molecule has 2 aromatic heterocycles. The Morgan fingerprint density at radius 2 is 2.07 bits per heavy atom. The smallest absolute Gasteiger partial charge is 0.449 e. The number of alkyl halides is 3. The highest BCUT2D eigenvalue weighted by Gasteiger charge is 2.36. The number of rotatable bonds is 4. The molecule has 0 fully saturated rings. The number of aromatic amines is 1. The Kier molecular flexibility index (Phi) is 4.90. The van der Waals surface area contributed by atoms with E-state index in [1.165, 1.54) is 12.1 Å². The van der Waals surface area contributed by atoms with Gasteiger partial charge in [0.2, 0.25) is 5.82 Å². The fraction of sp³-hybridized carbons (Fsp3) is 0.263. The number of hydrogen-bond acceptors (Lipinski definition) is 6. The quantitative estimate of drug-likeness (QED) is 0.512. The number of aromatic nitrogens is 2. The van der Waals surface area contributed by atoms with Crippen LogP contribution in [0.4, 0.5) is 18.9 Å². The number of hydrogen-bond donors (Lipinski definition) is 1. The lowest BCUT2D eigenvalue weighted by Crippen LogP contribution is -2.36. The Labute approximate surface area is 167 Å². The first-order valence-electron chi connectivity index (χ1n) is 8.96. The molecule has 1 aliphatic heterocycles. The zero-order valence-corrected chi connectivity index (χ0v) is 15.4. The molecule has 156 valence electrons. The van der Waals surface area contributed by atoms with Crippen molar-refractivity contribution in [2.24, 2.45) is 0 Å². The number of fused-ring (bicyclic) bond motifs is 1. The van der Waals surface area contributed by atoms with Gasteiger partial charge in [-0.15, -0.1) is 0 Å². The average molecular weight is 420 g/mol. The van der Waals surface area contributed by atoms with Crippen molar-refractivity contribution in [3.05, 3.63) is 79.7 Å². The van der Waals surface area contributed by atoms with E-state index in [-0.39, 0.29) is 29.9 Å². The van der Waals surface area contributed by atoms with E-state index in [0.717, 1.165) is 0 Å². The van der Waals surface area contributed by atoms with Crippen molar-refractivity contribution in [1.29, 1.82) is 0 Å². The minimum Gasteiger partial charge on any atom is -0.460 e. The lowest BCUT2D eigenvalue weighted by Gasteiger charge is -2.27. The van der Waals surface area contributed by atoms with Crippen LogP contribution >= 0.6 is 0 Å². The van der Waals surface area contributed by atoms with Crippen LogP contribution in [-0.4, -0.2) is 26.3 Å². The molecule has 0 radical (unpaired) electrons. The third-order valence-electron chi connectivity index (χ3n) is 4.80. The SMILES string of the molecule is O=c1[nH]c(C(F)(F)F)nc2c1CN(Cc1ccc(-c3cccc([N+](=O)[O-])c3)o1)CC2. The maximum atomic E-state index is 12.8. The van der Waals surface area contributed by atoms with Crippen molar-refractivity contribution in [2.45, 2.75) is 25.7 Å². The molecule has 0 spiro atoms. The molecule has 30 heavy (non-hydrogen) atoms. The van der Waals surface area contributed by atoms with Gasteiger partial charge in [-0.25, -0.2) is 4.98 Å². The molecule has 1 aromatic carbocycles. The first kappa shape index (κ1) is 19.8. The number of nitrogens with zero attached hydrogens (tertiary/aromatic N) is 3. The van der Waals surface area contributed by atoms with Crippen LogP contribution in [-0.2, 0) is 25.7 Å². The second-order valence-corrected chi connectivity index (χ2v) is 6.87. The van der Waals surface area contributed by atoms with Gasteiger partial charge < -0.3 is 9.40 Å². The molecule has 0 amide bonds. The molecule has 0 saturated heterocycles. The van der Waals surface area contributed by atoms with Crippen LogP contribution in [0.1, 0.15) is 22.8 Å². The molecule has 0 aliphatic carbocycles. The minimum atomic E-state index is -4.71. The molecule has 0 atom stereocenters. The Morgan fingerprint density at radius 1 is 1.27 bits per heavy atom. The molecule has 11 heteroatoms. The minimum absolute atomic E-state index is 0.0527. The van der Waals surface area contributed by atoms with Crippen molar-refractivity contribution >= 4 is 5.69 Å². The van der Waals surface area contributed by atoms with E-state index < -0.39 is 22.5 Å². The van der Waals surface area contributed by atoms with Gasteiger partial charge in [0, 0.05) is 37.2 Å². The van der Waals surface area contributed by atoms with Crippen LogP contribution in [0.2, 0.25) is 0 Å². The molecule has 1 N–H and O–H groups in total. The van der Waals surface area contributed by atoms with E-state index in [4.69, 9.17) is 4.42 Å². The molecule has 0 saturated carbocycles. The Hall–Kier alpha value is -3.47. The number of nitro benzene ring substituents is 1. The third-order valence-corrected chi connectivity index (χ3v) is 4.80. The largest absolute Gasteiger partial charge is 0.460 e. The first-order chi connectivity index (χ1) is 14.2. The summed E-state index contributed by atoms with van der Waals surface area (Å²) in [5, 5.41) is 10.9. The molecule has 0 unspecified atom stereocenters. The van der Waals surface area contributed by atoms with Crippen LogP contribution < -0.4 is 5.56 Å². The normalized spacial score (nSPS) is 14.5. The molecule has 4 rings (SSSR count). The van der Waals surface area contributed by atoms with Gasteiger partial charge in [0.15, 0.2) is 0 Å². The summed E-state index contributed by atoms with van der Waals surface area (Å²) in [5.74, 6) is -0.260. The molecular weight excluding hydrogens is 405 g/mol. The molecular formula is C19H15F3N4O4. The summed E-state index contributed by atoms with van der Waals surface area (Å²) in [4.78, 5) is 29.8. The van der Waals surface area contributed by atoms with Crippen LogP contribution in [0.15, 0.2) is 45.6 Å². The number of non-ortho nitro benzene ring substituents is 1. The van der Waals surface area contributed by atoms with Crippen LogP contribution in [0, 0.1) is 10.1 Å². The average Bonchev–Trinajstić information content (AvgIpc) is 3.16. The summed E-state index contributed by atoms with van der Waals surface area (Å²) < 4.78 is 44.2. The fourth-order valence-corrected chi connectivity index (χ4v) is 3.36. The number of benzene rings is 1. The summed E-state index contributed by atoms with van der Waals surface area (Å²) in [6.07, 6.45) is -4.50. The third kappa shape index (κ3) is 3.96. The highest BCUT2D eigenvalue weighted by molar-refractivity contribution is 5.61. The Morgan fingerprint density at radius 3 is 2.80 bits per heavy atom. The zero-order valence-electron chi connectivity index (χ0n) is 15.4. The number of furan rings is 1. The standard InChI is InChI=1S/C19H15F3N4O4/c20-19(21,22)18-23-15-6-7-25(10-14(15)17(27)24-18)9-13-4-5-16(30-13)11-2-1-3-12(8-11)26(28)29/h1-5,8H,6-7,9-10H2,(H,23,24,27). The lowest BCUT2D eigenvalue weighted by atomic mass is 10.1. The van der Waals surface area contributed by atoms with Crippen molar-refractivity contribution in [2.75, 3.05) is 6.54 Å². The Bertz CT molecular complexity index is 1170. The van der Waals surface area contributed by atoms with Gasteiger partial charge in [0.05, 0.1) is 22.7 Å². The maximum absolute atomic E-state index is 12.8. The van der Waals surface area contributed by atoms with Crippen LogP contribution in [0.25, 0.3) is 11.3 Å². The topological polar surface area (TPSA) is 105 Å². The molecule has 0 bridgehead atoms. The van der Waals surface area contributed by atoms with E-state index in [1.807, 2.05) is 4.90 Å². The predicted molar refractivity (Wildman–Crippen MR) is 98.5 cm³/mol. The van der Waals surface area contributed by atoms with E-state index in [1.54, 1.807) is 29.2 Å². The first-order valence-corrected chi connectivity index (χ1v) is 8.96. The molecule has 3 aromatic rings. The lowest BCUT2D eigenvalue weighted by molar-refractivity contribution is -0.384. The van der Waals surface area contributed by atoms with E-state index in [9.17, 15) is 28.1 Å². The van der Waals surface area contributed by atoms with Gasteiger partial charge in [0.1, 0.15) is 11.5 Å². The van der Waals surface area contributed by atoms with Gasteiger partial charge in [-0.2, -0.15) is 13.2 Å². The molecule has 3 heterocycles. The van der Waals surface area contributed by atoms with Crippen LogP contribution in [0.5, 0.6) is 0 Å². The number of nitrogens with one attached hydrogen (secondary N) is 1. The highest BCUT2D eigenvalue weighted by atomic mass is 19.4. The van der Waals surface area contributed by atoms with Gasteiger partial charge in [-0.05, 0) is 12.1 Å². The number of nitro groups is 1. The number of halogens is 3. The zero-order chi connectivity index (χ0) is 21.5. The van der Waals surface area contributed by atoms with Gasteiger partial charge >= 0.3 is 6.18 Å². The number of H-pyrrole nitrogens is 1. The maximum Gasteiger partial charge on any atom is 0.449 e. The van der Waals surface area contributed by atoms with Crippen molar-refractivity contribution in [3.63, 3.8) is 0 Å². The van der Waals surface area contributed by atoms with E-state index in [2.05, 4.69) is 4.98 Å². The fourth-order valence-electron chi connectivity index (χ4n) is 3.36. The van der Waals surface area contributed by atoms with Crippen molar-refractivity contribution in [3.8, 4) is 11.3 Å². The summed E-state index contributed by atoms with van der Waals surface area (Å²) in [5.41, 5.74) is 0.0651. The van der Waals surface area contributed by atoms with Gasteiger partial charge in [0.25, 0.3) is 11.2 Å². The van der Waals surface area contributed by atoms with E-state index in [0.29, 0.717) is 30.2 Å². The summed E-state index contributed by atoms with van der Waals surface area (Å²) in [6, 6.07) is 9.45. The summed E-state index contributed by atoms with van der Waals surface area (Å²) in [7, 11) is 0. The second-order valence-electron chi connectivity index (χ2n) is 6.87. The Balaban J connectivity index is 1.50. The highest BCUT2D eigenvalue weighted by Crippen LogP contribution is 2.28. The summed E-state index contributed by atoms with van der Waals surface area (Å²) in [6.45, 7) is 0.880.